The molecule has 0 N–H and O–H groups in total. The van der Waals surface area contributed by atoms with Gasteiger partial charge in [0.1, 0.15) is 0 Å². The number of allylic oxidation sites excluding steroid dienone is 1. The first-order valence-corrected chi connectivity index (χ1v) is 8.37. The van der Waals surface area contributed by atoms with Crippen LogP contribution in [0, 0.1) is 0 Å². The van der Waals surface area contributed by atoms with Crippen molar-refractivity contribution < 1.29 is 18.0 Å². The number of nitrogens with zero attached hydrogens (tertiary/aromatic N) is 1. The van der Waals surface area contributed by atoms with Crippen LogP contribution in [0.5, 0.6) is 0 Å². The van der Waals surface area contributed by atoms with E-state index in [1.807, 2.05) is 0 Å². The van der Waals surface area contributed by atoms with Crippen LogP contribution in [0.2, 0.25) is 10.0 Å². The minimum atomic E-state index is -4.48. The number of ketones is 1. The highest BCUT2D eigenvalue weighted by Gasteiger charge is 2.31. The van der Waals surface area contributed by atoms with E-state index in [2.05, 4.69) is 4.98 Å². The van der Waals surface area contributed by atoms with Crippen LogP contribution in [0.1, 0.15) is 21.6 Å². The van der Waals surface area contributed by atoms with E-state index in [0.717, 1.165) is 12.3 Å². The summed E-state index contributed by atoms with van der Waals surface area (Å²) in [6.45, 7) is 0. The summed E-state index contributed by atoms with van der Waals surface area (Å²) in [6, 6.07) is 7.28. The van der Waals surface area contributed by atoms with Crippen LogP contribution in [0.4, 0.5) is 13.2 Å². The van der Waals surface area contributed by atoms with E-state index in [4.69, 9.17) is 23.2 Å². The number of carbonyl (C=O) groups is 1. The van der Waals surface area contributed by atoms with Crippen LogP contribution in [0.15, 0.2) is 48.0 Å². The molecule has 0 aliphatic heterocycles. The fourth-order valence-electron chi connectivity index (χ4n) is 1.67. The number of hydrogen-bond acceptors (Lipinski definition) is 3. The summed E-state index contributed by atoms with van der Waals surface area (Å²) >= 11 is 12.8. The topological polar surface area (TPSA) is 30.0 Å². The lowest BCUT2D eigenvalue weighted by Gasteiger charge is -2.08. The molecule has 0 atom stereocenters. The first kappa shape index (κ1) is 18.8. The third-order valence-electron chi connectivity index (χ3n) is 2.91. The van der Waals surface area contributed by atoms with Crippen LogP contribution in [-0.4, -0.2) is 10.8 Å². The zero-order chi connectivity index (χ0) is 17.7. The molecule has 0 saturated heterocycles. The van der Waals surface area contributed by atoms with Gasteiger partial charge in [-0.25, -0.2) is 0 Å². The monoisotopic (exact) mass is 391 g/mol. The maximum Gasteiger partial charge on any atom is 0.417 e. The zero-order valence-electron chi connectivity index (χ0n) is 12.0. The van der Waals surface area contributed by atoms with Gasteiger partial charge in [0.25, 0.3) is 0 Å². The van der Waals surface area contributed by atoms with Gasteiger partial charge in [-0.2, -0.15) is 13.2 Å². The molecule has 0 aliphatic carbocycles. The molecule has 1 heterocycles. The van der Waals surface area contributed by atoms with Gasteiger partial charge in [0.15, 0.2) is 5.78 Å². The molecule has 0 radical (unpaired) electrons. The highest BCUT2D eigenvalue weighted by molar-refractivity contribution is 8.01. The predicted molar refractivity (Wildman–Crippen MR) is 90.5 cm³/mol. The van der Waals surface area contributed by atoms with Gasteiger partial charge in [-0.15, -0.1) is 11.8 Å². The highest BCUT2D eigenvalue weighted by Crippen LogP contribution is 2.31. The Morgan fingerprint density at radius 2 is 1.88 bits per heavy atom. The third kappa shape index (κ3) is 5.26. The maximum absolute atomic E-state index is 12.5. The van der Waals surface area contributed by atoms with E-state index >= 15 is 0 Å². The van der Waals surface area contributed by atoms with E-state index in [9.17, 15) is 18.0 Å². The van der Waals surface area contributed by atoms with Crippen LogP contribution in [0.25, 0.3) is 0 Å². The minimum Gasteiger partial charge on any atom is -0.289 e. The molecule has 1 aromatic heterocycles. The molecule has 0 amide bonds. The summed E-state index contributed by atoms with van der Waals surface area (Å²) in [5.41, 5.74) is -0.0881. The Morgan fingerprint density at radius 1 is 1.21 bits per heavy atom. The molecular weight excluding hydrogens is 382 g/mol. The van der Waals surface area contributed by atoms with Crippen LogP contribution in [-0.2, 0) is 11.9 Å². The van der Waals surface area contributed by atoms with Crippen molar-refractivity contribution in [1.82, 2.24) is 4.98 Å². The predicted octanol–water partition coefficient (Wildman–Crippen LogP) is 6.04. The number of carbonyl (C=O) groups excluding carboxylic acids is 1. The van der Waals surface area contributed by atoms with E-state index in [0.29, 0.717) is 16.3 Å². The fraction of sp³-hybridized carbons (Fsp3) is 0.125. The van der Waals surface area contributed by atoms with Crippen LogP contribution < -0.4 is 0 Å². The number of hydrogen-bond donors (Lipinski definition) is 0. The number of halogens is 5. The summed E-state index contributed by atoms with van der Waals surface area (Å²) in [7, 11) is 0. The van der Waals surface area contributed by atoms with Gasteiger partial charge in [0.05, 0.1) is 16.3 Å². The zero-order valence-corrected chi connectivity index (χ0v) is 14.3. The van der Waals surface area contributed by atoms with Crippen molar-refractivity contribution >= 4 is 40.7 Å². The quantitative estimate of drug-likeness (QED) is 0.459. The van der Waals surface area contributed by atoms with E-state index in [1.165, 1.54) is 17.8 Å². The van der Waals surface area contributed by atoms with Gasteiger partial charge in [-0.05, 0) is 41.8 Å². The van der Waals surface area contributed by atoms with E-state index < -0.39 is 11.7 Å². The van der Waals surface area contributed by atoms with Gasteiger partial charge < -0.3 is 0 Å². The smallest absolute Gasteiger partial charge is 0.289 e. The number of benzene rings is 1. The highest BCUT2D eigenvalue weighted by atomic mass is 35.5. The summed E-state index contributed by atoms with van der Waals surface area (Å²) in [4.78, 5) is 15.6. The van der Waals surface area contributed by atoms with Gasteiger partial charge in [-0.3, -0.25) is 9.78 Å². The normalized spacial score (nSPS) is 11.9. The van der Waals surface area contributed by atoms with E-state index in [1.54, 1.807) is 29.7 Å². The molecule has 0 bridgehead atoms. The molecule has 2 rings (SSSR count). The molecule has 1 aromatic carbocycles. The largest absolute Gasteiger partial charge is 0.417 e. The molecular formula is C16H10Cl2F3NOS. The number of pyridine rings is 1. The fourth-order valence-corrected chi connectivity index (χ4v) is 2.82. The Balaban J connectivity index is 1.94. The Morgan fingerprint density at radius 3 is 2.46 bits per heavy atom. The second kappa shape index (κ2) is 8.05. The first-order valence-electron chi connectivity index (χ1n) is 6.57. The Hall–Kier alpha value is -1.50. The molecule has 24 heavy (non-hydrogen) atoms. The lowest BCUT2D eigenvalue weighted by atomic mass is 10.1. The standard InChI is InChI=1S/C16H10Cl2F3NOS/c17-12-3-1-10(2-4-12)15(23)5-6-24-9-14-13(18)7-11(8-22-14)16(19,20)21/h1-8H,9H2. The third-order valence-corrected chi connectivity index (χ3v) is 4.26. The average molecular weight is 392 g/mol. The summed E-state index contributed by atoms with van der Waals surface area (Å²) < 4.78 is 37.6. The average Bonchev–Trinajstić information content (AvgIpc) is 2.52. The second-order valence-corrected chi connectivity index (χ2v) is 6.37. The first-order chi connectivity index (χ1) is 11.3. The summed E-state index contributed by atoms with van der Waals surface area (Å²) in [5, 5.41) is 2.02. The van der Waals surface area contributed by atoms with Crippen molar-refractivity contribution in [3.8, 4) is 0 Å². The maximum atomic E-state index is 12.5. The van der Waals surface area contributed by atoms with Crippen LogP contribution in [0.3, 0.4) is 0 Å². The van der Waals surface area contributed by atoms with Gasteiger partial charge in [0, 0.05) is 22.5 Å². The lowest BCUT2D eigenvalue weighted by Crippen LogP contribution is -2.06. The van der Waals surface area contributed by atoms with Gasteiger partial charge in [-0.1, -0.05) is 23.2 Å². The molecule has 8 heteroatoms. The van der Waals surface area contributed by atoms with Crippen molar-refractivity contribution in [2.24, 2.45) is 0 Å². The lowest BCUT2D eigenvalue weighted by molar-refractivity contribution is -0.137. The van der Waals surface area contributed by atoms with Crippen molar-refractivity contribution in [2.45, 2.75) is 11.9 Å². The molecule has 126 valence electrons. The van der Waals surface area contributed by atoms with Crippen molar-refractivity contribution in [2.75, 3.05) is 0 Å². The van der Waals surface area contributed by atoms with Gasteiger partial charge >= 0.3 is 6.18 Å². The minimum absolute atomic E-state index is 0.0604. The molecule has 0 unspecified atom stereocenters. The summed E-state index contributed by atoms with van der Waals surface area (Å²) in [5.74, 6) is 0.0482. The van der Waals surface area contributed by atoms with Crippen LogP contribution >= 0.6 is 35.0 Å². The molecule has 0 spiro atoms. The number of rotatable bonds is 5. The Labute approximate surface area is 150 Å². The molecule has 0 fully saturated rings. The van der Waals surface area contributed by atoms with Crippen molar-refractivity contribution in [3.63, 3.8) is 0 Å². The Kier molecular flexibility index (Phi) is 6.32. The molecule has 0 saturated carbocycles. The number of thioether (sulfide) groups is 1. The molecule has 2 aromatic rings. The Bertz CT molecular complexity index is 761. The molecule has 0 aliphatic rings. The second-order valence-electron chi connectivity index (χ2n) is 4.64. The van der Waals surface area contributed by atoms with Gasteiger partial charge in [0.2, 0.25) is 0 Å². The molecule has 2 nitrogen and oxygen atoms in total. The number of alkyl halides is 3. The van der Waals surface area contributed by atoms with Crippen molar-refractivity contribution in [3.05, 3.63) is 74.9 Å². The van der Waals surface area contributed by atoms with Crippen molar-refractivity contribution in [1.29, 1.82) is 0 Å². The number of aromatic nitrogens is 1. The van der Waals surface area contributed by atoms with E-state index in [-0.39, 0.29) is 16.6 Å². The summed E-state index contributed by atoms with van der Waals surface area (Å²) in [6.07, 6.45) is -2.37. The SMILES string of the molecule is O=C(C=CSCc1ncc(C(F)(F)F)cc1Cl)c1ccc(Cl)cc1.